The zero-order valence-electron chi connectivity index (χ0n) is 12.3. The summed E-state index contributed by atoms with van der Waals surface area (Å²) in [6.07, 6.45) is 4.10. The van der Waals surface area contributed by atoms with Crippen molar-refractivity contribution in [3.8, 4) is 0 Å². The average Bonchev–Trinajstić information content (AvgIpc) is 3.00. The Morgan fingerprint density at radius 2 is 2.10 bits per heavy atom. The van der Waals surface area contributed by atoms with Crippen molar-refractivity contribution >= 4 is 23.0 Å². The van der Waals surface area contributed by atoms with Gasteiger partial charge in [-0.3, -0.25) is 4.79 Å². The number of benzene rings is 1. The van der Waals surface area contributed by atoms with Crippen LogP contribution in [0.4, 0.5) is 17.1 Å². The van der Waals surface area contributed by atoms with Crippen LogP contribution in [0.1, 0.15) is 38.7 Å². The molecule has 1 aromatic rings. The maximum absolute atomic E-state index is 11.5. The second-order valence-corrected chi connectivity index (χ2v) is 6.17. The van der Waals surface area contributed by atoms with E-state index in [9.17, 15) is 4.79 Å². The van der Waals surface area contributed by atoms with Crippen molar-refractivity contribution in [3.63, 3.8) is 0 Å². The van der Waals surface area contributed by atoms with Crippen LogP contribution in [0.5, 0.6) is 0 Å². The fourth-order valence-corrected chi connectivity index (χ4v) is 3.52. The highest BCUT2D eigenvalue weighted by molar-refractivity contribution is 6.00. The highest BCUT2D eigenvalue weighted by atomic mass is 16.1. The maximum atomic E-state index is 11.5. The molecule has 0 bridgehead atoms. The van der Waals surface area contributed by atoms with Crippen LogP contribution in [0.15, 0.2) is 12.1 Å². The zero-order chi connectivity index (χ0) is 14.3. The van der Waals surface area contributed by atoms with Gasteiger partial charge in [-0.1, -0.05) is 13.8 Å². The number of fused-ring (bicyclic) bond motifs is 1. The van der Waals surface area contributed by atoms with Gasteiger partial charge in [0.15, 0.2) is 0 Å². The molecule has 0 radical (unpaired) electrons. The number of anilines is 3. The van der Waals surface area contributed by atoms with Gasteiger partial charge in [0.1, 0.15) is 0 Å². The molecule has 2 aliphatic heterocycles. The number of nitrogens with one attached hydrogen (secondary N) is 1. The first-order valence-electron chi connectivity index (χ1n) is 7.54. The molecular weight excluding hydrogens is 250 g/mol. The number of nitrogen functional groups attached to an aromatic ring is 1. The fourth-order valence-electron chi connectivity index (χ4n) is 3.52. The zero-order valence-corrected chi connectivity index (χ0v) is 12.3. The molecule has 108 valence electrons. The molecule has 4 nitrogen and oxygen atoms in total. The van der Waals surface area contributed by atoms with Crippen molar-refractivity contribution < 1.29 is 4.79 Å². The highest BCUT2D eigenvalue weighted by Crippen LogP contribution is 2.42. The van der Waals surface area contributed by atoms with Gasteiger partial charge in [0.25, 0.3) is 0 Å². The van der Waals surface area contributed by atoms with E-state index >= 15 is 0 Å². The van der Waals surface area contributed by atoms with Gasteiger partial charge in [0, 0.05) is 18.8 Å². The van der Waals surface area contributed by atoms with Crippen molar-refractivity contribution in [2.24, 2.45) is 5.41 Å². The first kappa shape index (κ1) is 13.3. The van der Waals surface area contributed by atoms with E-state index in [4.69, 9.17) is 5.73 Å². The first-order chi connectivity index (χ1) is 9.57. The quantitative estimate of drug-likeness (QED) is 0.833. The molecule has 2 heterocycles. The Hall–Kier alpha value is -1.71. The van der Waals surface area contributed by atoms with Crippen LogP contribution in [0.3, 0.4) is 0 Å². The number of nitrogens with zero attached hydrogens (tertiary/aromatic N) is 1. The van der Waals surface area contributed by atoms with Crippen molar-refractivity contribution in [3.05, 3.63) is 17.7 Å². The monoisotopic (exact) mass is 273 g/mol. The van der Waals surface area contributed by atoms with Crippen LogP contribution in [0.2, 0.25) is 0 Å². The Morgan fingerprint density at radius 3 is 2.75 bits per heavy atom. The molecule has 0 aromatic heterocycles. The largest absolute Gasteiger partial charge is 0.397 e. The molecule has 3 N–H and O–H groups in total. The number of nitrogens with two attached hydrogens (primary N) is 1. The summed E-state index contributed by atoms with van der Waals surface area (Å²) >= 11 is 0. The van der Waals surface area contributed by atoms with Crippen LogP contribution in [0, 0.1) is 5.41 Å². The van der Waals surface area contributed by atoms with Gasteiger partial charge >= 0.3 is 0 Å². The molecule has 1 saturated heterocycles. The van der Waals surface area contributed by atoms with Gasteiger partial charge < -0.3 is 16.0 Å². The fraction of sp³-hybridized carbons (Fsp3) is 0.562. The summed E-state index contributed by atoms with van der Waals surface area (Å²) in [5.74, 6) is 0.0643. The molecule has 3 rings (SSSR count). The molecule has 2 aliphatic rings. The maximum Gasteiger partial charge on any atom is 0.228 e. The SMILES string of the molecule is CCC1(CC)CCN(c2cc3c(cc2N)CC(=O)N3)C1. The number of rotatable bonds is 3. The van der Waals surface area contributed by atoms with Gasteiger partial charge in [-0.15, -0.1) is 0 Å². The van der Waals surface area contributed by atoms with Crippen molar-refractivity contribution in [2.75, 3.05) is 29.0 Å². The molecule has 0 spiro atoms. The van der Waals surface area contributed by atoms with Crippen LogP contribution < -0.4 is 16.0 Å². The summed E-state index contributed by atoms with van der Waals surface area (Å²) in [5.41, 5.74) is 10.5. The lowest BCUT2D eigenvalue weighted by atomic mass is 9.82. The molecule has 1 amide bonds. The predicted molar refractivity (Wildman–Crippen MR) is 83.0 cm³/mol. The van der Waals surface area contributed by atoms with Crippen molar-refractivity contribution in [1.29, 1.82) is 0 Å². The second-order valence-electron chi connectivity index (χ2n) is 6.17. The lowest BCUT2D eigenvalue weighted by Crippen LogP contribution is -2.26. The summed E-state index contributed by atoms with van der Waals surface area (Å²) in [5, 5.41) is 2.92. The Morgan fingerprint density at radius 1 is 1.35 bits per heavy atom. The molecular formula is C16H23N3O. The van der Waals surface area contributed by atoms with Gasteiger partial charge in [-0.25, -0.2) is 0 Å². The Kier molecular flexibility index (Phi) is 3.11. The third kappa shape index (κ3) is 2.03. The third-order valence-corrected chi connectivity index (χ3v) is 5.16. The number of hydrogen-bond donors (Lipinski definition) is 2. The molecule has 0 unspecified atom stereocenters. The molecule has 0 saturated carbocycles. The van der Waals surface area contributed by atoms with Crippen LogP contribution in [-0.4, -0.2) is 19.0 Å². The number of carbonyl (C=O) groups is 1. The highest BCUT2D eigenvalue weighted by Gasteiger charge is 2.36. The summed E-state index contributed by atoms with van der Waals surface area (Å²) < 4.78 is 0. The molecule has 1 aromatic carbocycles. The van der Waals surface area contributed by atoms with E-state index in [1.165, 1.54) is 19.3 Å². The molecule has 0 aliphatic carbocycles. The third-order valence-electron chi connectivity index (χ3n) is 5.16. The molecule has 0 atom stereocenters. The second kappa shape index (κ2) is 4.69. The summed E-state index contributed by atoms with van der Waals surface area (Å²) in [6, 6.07) is 4.01. The lowest BCUT2D eigenvalue weighted by Gasteiger charge is -2.28. The van der Waals surface area contributed by atoms with Crippen molar-refractivity contribution in [1.82, 2.24) is 0 Å². The standard InChI is InChI=1S/C16H23N3O/c1-3-16(4-2)5-6-19(10-16)14-9-13-11(7-12(14)17)8-15(20)18-13/h7,9H,3-6,8,10,17H2,1-2H3,(H,18,20). The minimum Gasteiger partial charge on any atom is -0.397 e. The van der Waals surface area contributed by atoms with Gasteiger partial charge in [0.2, 0.25) is 5.91 Å². The average molecular weight is 273 g/mol. The predicted octanol–water partition coefficient (Wildman–Crippen LogP) is 2.78. The minimum absolute atomic E-state index is 0.0643. The lowest BCUT2D eigenvalue weighted by molar-refractivity contribution is -0.115. The van der Waals surface area contributed by atoms with Crippen molar-refractivity contribution in [2.45, 2.75) is 39.5 Å². The minimum atomic E-state index is 0.0643. The van der Waals surface area contributed by atoms with E-state index in [1.54, 1.807) is 0 Å². The summed E-state index contributed by atoms with van der Waals surface area (Å²) in [7, 11) is 0. The first-order valence-corrected chi connectivity index (χ1v) is 7.54. The van der Waals surface area contributed by atoms with Gasteiger partial charge in [-0.2, -0.15) is 0 Å². The number of carbonyl (C=O) groups excluding carboxylic acids is 1. The molecule has 4 heteroatoms. The topological polar surface area (TPSA) is 58.4 Å². The van der Waals surface area contributed by atoms with E-state index in [2.05, 4.69) is 30.1 Å². The Bertz CT molecular complexity index is 549. The molecule has 1 fully saturated rings. The van der Waals surface area contributed by atoms with Crippen LogP contribution >= 0.6 is 0 Å². The van der Waals surface area contributed by atoms with E-state index in [0.29, 0.717) is 11.8 Å². The van der Waals surface area contributed by atoms with Gasteiger partial charge in [0.05, 0.1) is 17.8 Å². The Balaban J connectivity index is 1.89. The summed E-state index contributed by atoms with van der Waals surface area (Å²) in [6.45, 7) is 6.67. The van der Waals surface area contributed by atoms with Crippen LogP contribution in [0.25, 0.3) is 0 Å². The smallest absolute Gasteiger partial charge is 0.228 e. The Labute approximate surface area is 120 Å². The van der Waals surface area contributed by atoms with E-state index in [1.807, 2.05) is 6.07 Å². The van der Waals surface area contributed by atoms with E-state index < -0.39 is 0 Å². The van der Waals surface area contributed by atoms with E-state index in [0.717, 1.165) is 35.7 Å². The normalized spacial score (nSPS) is 20.1. The number of amides is 1. The summed E-state index contributed by atoms with van der Waals surface area (Å²) in [4.78, 5) is 13.9. The van der Waals surface area contributed by atoms with E-state index in [-0.39, 0.29) is 5.91 Å². The van der Waals surface area contributed by atoms with Crippen LogP contribution in [-0.2, 0) is 11.2 Å². The van der Waals surface area contributed by atoms with Gasteiger partial charge in [-0.05, 0) is 42.4 Å². The molecule has 20 heavy (non-hydrogen) atoms. The number of hydrogen-bond acceptors (Lipinski definition) is 3.